The van der Waals surface area contributed by atoms with Gasteiger partial charge in [0.2, 0.25) is 0 Å². The van der Waals surface area contributed by atoms with Crippen LogP contribution in [-0.4, -0.2) is 70.3 Å². The summed E-state index contributed by atoms with van der Waals surface area (Å²) in [5.41, 5.74) is 3.70. The van der Waals surface area contributed by atoms with Crippen LogP contribution in [0.25, 0.3) is 0 Å². The highest BCUT2D eigenvalue weighted by Crippen LogP contribution is 2.44. The Morgan fingerprint density at radius 2 is 1.38 bits per heavy atom. The van der Waals surface area contributed by atoms with Crippen LogP contribution in [0.15, 0.2) is 120 Å². The number of benzene rings is 3. The zero-order chi connectivity index (χ0) is 32.5. The lowest BCUT2D eigenvalue weighted by Gasteiger charge is -2.37. The lowest BCUT2D eigenvalue weighted by Crippen LogP contribution is -2.43. The summed E-state index contributed by atoms with van der Waals surface area (Å²) in [7, 11) is 0. The van der Waals surface area contributed by atoms with E-state index in [2.05, 4.69) is 48.0 Å². The molecule has 0 spiro atoms. The van der Waals surface area contributed by atoms with Crippen molar-refractivity contribution in [2.45, 2.75) is 70.0 Å². The van der Waals surface area contributed by atoms with Gasteiger partial charge in [-0.05, 0) is 44.4 Å². The summed E-state index contributed by atoms with van der Waals surface area (Å²) in [5.74, 6) is 1.40. The summed E-state index contributed by atoms with van der Waals surface area (Å²) in [6, 6.07) is 31.1. The number of aliphatic imine (C=N–C) groups is 2. The van der Waals surface area contributed by atoms with Gasteiger partial charge >= 0.3 is 0 Å². The Labute approximate surface area is 276 Å². The molecule has 3 aliphatic rings. The molecule has 3 aliphatic heterocycles. The summed E-state index contributed by atoms with van der Waals surface area (Å²) >= 11 is 0. The van der Waals surface area contributed by atoms with Crippen molar-refractivity contribution in [2.24, 2.45) is 9.98 Å². The topological polar surface area (TPSA) is 82.7 Å². The third-order valence-corrected chi connectivity index (χ3v) is 8.68. The average molecular weight is 632 g/mol. The highest BCUT2D eigenvalue weighted by molar-refractivity contribution is 6.11. The van der Waals surface area contributed by atoms with Crippen LogP contribution < -0.4 is 0 Å². The summed E-state index contributed by atoms with van der Waals surface area (Å²) in [4.78, 5) is 16.0. The third-order valence-electron chi connectivity index (χ3n) is 8.68. The molecule has 9 heteroatoms. The third kappa shape index (κ3) is 5.74. The molecular weight excluding hydrogens is 590 g/mol. The fraction of sp³-hybridized carbons (Fsp3) is 0.342. The summed E-state index contributed by atoms with van der Waals surface area (Å²) in [6.07, 6.45) is 1.40. The van der Waals surface area contributed by atoms with E-state index in [4.69, 9.17) is 28.9 Å². The molecule has 4 heterocycles. The van der Waals surface area contributed by atoms with Gasteiger partial charge in [0.1, 0.15) is 30.3 Å². The number of rotatable bonds is 11. The van der Waals surface area contributed by atoms with Crippen LogP contribution in [0.3, 0.4) is 0 Å². The molecule has 0 amide bonds. The minimum atomic E-state index is -0.910. The van der Waals surface area contributed by atoms with Crippen molar-refractivity contribution in [1.82, 2.24) is 14.5 Å². The summed E-state index contributed by atoms with van der Waals surface area (Å²) in [6.45, 7) is 13.0. The van der Waals surface area contributed by atoms with E-state index in [-0.39, 0.29) is 18.8 Å². The summed E-state index contributed by atoms with van der Waals surface area (Å²) < 4.78 is 29.4. The van der Waals surface area contributed by atoms with Crippen molar-refractivity contribution >= 4 is 18.0 Å². The zero-order valence-electron chi connectivity index (χ0n) is 27.3. The number of imidazole rings is 1. The first-order chi connectivity index (χ1) is 22.9. The molecular formula is C38H41N5O4. The van der Waals surface area contributed by atoms with Crippen molar-refractivity contribution in [1.29, 1.82) is 0 Å². The monoisotopic (exact) mass is 631 g/mol. The smallest absolute Gasteiger partial charge is 0.167 e. The van der Waals surface area contributed by atoms with Gasteiger partial charge in [-0.1, -0.05) is 97.6 Å². The normalized spacial score (nSPS) is 22.2. The number of amidine groups is 1. The molecule has 0 saturated carbocycles. The van der Waals surface area contributed by atoms with Crippen molar-refractivity contribution in [3.05, 3.63) is 132 Å². The Kier molecular flexibility index (Phi) is 8.63. The molecule has 1 fully saturated rings. The molecule has 4 aromatic rings. The van der Waals surface area contributed by atoms with Gasteiger partial charge in [-0.2, -0.15) is 0 Å². The Bertz CT molecular complexity index is 1660. The van der Waals surface area contributed by atoms with Gasteiger partial charge in [-0.15, -0.1) is 0 Å². The first kappa shape index (κ1) is 31.2. The second kappa shape index (κ2) is 13.0. The largest absolute Gasteiger partial charge is 0.370 e. The standard InChI is InChI=1S/C38H41N5O4/c1-25(2)45-33-31(22-44-38(28-15-9-6-10-16-28,29-17-11-7-12-18-29)30-19-13-8-14-20-30)47-37(34(33)46-26(3)4)43-23-40-32-35-39-21-27(5)42(35)24-41-36(32)43/h6-20,23-26,31,33-34,37H,5,21-22H2,1-4H3/t31-,33-,34-,37?/m0/s1. The van der Waals surface area contributed by atoms with Gasteiger partial charge in [0, 0.05) is 5.70 Å². The van der Waals surface area contributed by atoms with E-state index in [0.29, 0.717) is 18.1 Å². The minimum Gasteiger partial charge on any atom is -0.370 e. The van der Waals surface area contributed by atoms with Crippen LogP contribution in [0, 0.1) is 0 Å². The lowest BCUT2D eigenvalue weighted by molar-refractivity contribution is -0.119. The maximum absolute atomic E-state index is 7.23. The SMILES string of the molecule is C=C1CN=C2c3ncn(C4O[C@@H](COC(c5ccccc5)(c5ccccc5)c5ccccc5)[C@H](OC(C)C)[C@@H]4OC(C)C)c3N=CN12. The van der Waals surface area contributed by atoms with E-state index in [9.17, 15) is 0 Å². The molecule has 3 aromatic carbocycles. The van der Waals surface area contributed by atoms with Crippen LogP contribution in [0.2, 0.25) is 0 Å². The molecule has 9 nitrogen and oxygen atoms in total. The minimum absolute atomic E-state index is 0.0765. The highest BCUT2D eigenvalue weighted by atomic mass is 16.6. The molecule has 7 rings (SSSR count). The van der Waals surface area contributed by atoms with Crippen LogP contribution in [0.1, 0.15) is 56.3 Å². The van der Waals surface area contributed by atoms with Gasteiger partial charge in [0.05, 0.1) is 31.7 Å². The van der Waals surface area contributed by atoms with Crippen molar-refractivity contribution < 1.29 is 18.9 Å². The zero-order valence-corrected chi connectivity index (χ0v) is 27.3. The number of ether oxygens (including phenoxy) is 4. The Balaban J connectivity index is 1.29. The van der Waals surface area contributed by atoms with E-state index in [1.807, 2.05) is 91.8 Å². The van der Waals surface area contributed by atoms with Crippen LogP contribution >= 0.6 is 0 Å². The predicted molar refractivity (Wildman–Crippen MR) is 182 cm³/mol. The molecule has 1 unspecified atom stereocenters. The molecule has 1 aromatic heterocycles. The van der Waals surface area contributed by atoms with E-state index in [1.54, 1.807) is 12.7 Å². The van der Waals surface area contributed by atoms with E-state index in [0.717, 1.165) is 28.2 Å². The Morgan fingerprint density at radius 1 is 0.830 bits per heavy atom. The highest BCUT2D eigenvalue weighted by Gasteiger charge is 2.51. The van der Waals surface area contributed by atoms with Crippen LogP contribution in [0.4, 0.5) is 5.82 Å². The van der Waals surface area contributed by atoms with Gasteiger partial charge in [-0.25, -0.2) is 9.98 Å². The second-order valence-corrected chi connectivity index (χ2v) is 12.6. The first-order valence-corrected chi connectivity index (χ1v) is 16.3. The molecule has 4 atom stereocenters. The van der Waals surface area contributed by atoms with Crippen molar-refractivity contribution in [3.63, 3.8) is 0 Å². The van der Waals surface area contributed by atoms with Gasteiger partial charge in [-0.3, -0.25) is 14.5 Å². The van der Waals surface area contributed by atoms with Crippen LogP contribution in [0.5, 0.6) is 0 Å². The van der Waals surface area contributed by atoms with E-state index < -0.39 is 30.1 Å². The molecule has 0 bridgehead atoms. The lowest BCUT2D eigenvalue weighted by atomic mass is 9.80. The molecule has 47 heavy (non-hydrogen) atoms. The molecule has 242 valence electrons. The van der Waals surface area contributed by atoms with Gasteiger partial charge in [0.15, 0.2) is 23.6 Å². The summed E-state index contributed by atoms with van der Waals surface area (Å²) in [5, 5.41) is 0. The van der Waals surface area contributed by atoms with Crippen molar-refractivity contribution in [3.8, 4) is 0 Å². The Hall–Kier alpha value is -4.41. The quantitative estimate of drug-likeness (QED) is 0.173. The van der Waals surface area contributed by atoms with E-state index >= 15 is 0 Å². The van der Waals surface area contributed by atoms with Gasteiger partial charge < -0.3 is 18.9 Å². The maximum atomic E-state index is 7.23. The first-order valence-electron chi connectivity index (χ1n) is 16.3. The number of hydrogen-bond donors (Lipinski definition) is 0. The van der Waals surface area contributed by atoms with Gasteiger partial charge in [0.25, 0.3) is 0 Å². The number of aromatic nitrogens is 2. The molecule has 0 aliphatic carbocycles. The predicted octanol–water partition coefficient (Wildman–Crippen LogP) is 6.63. The van der Waals surface area contributed by atoms with Crippen molar-refractivity contribution in [2.75, 3.05) is 13.2 Å². The second-order valence-electron chi connectivity index (χ2n) is 12.6. The molecule has 0 radical (unpaired) electrons. The average Bonchev–Trinajstić information content (AvgIpc) is 3.78. The number of hydrogen-bond acceptors (Lipinski definition) is 8. The molecule has 0 N–H and O–H groups in total. The fourth-order valence-corrected chi connectivity index (χ4v) is 6.71. The van der Waals surface area contributed by atoms with Crippen LogP contribution in [-0.2, 0) is 24.5 Å². The number of fused-ring (bicyclic) bond motifs is 3. The maximum Gasteiger partial charge on any atom is 0.167 e. The number of nitrogens with zero attached hydrogens (tertiary/aromatic N) is 5. The molecule has 1 saturated heterocycles. The fourth-order valence-electron chi connectivity index (χ4n) is 6.71. The van der Waals surface area contributed by atoms with E-state index in [1.165, 1.54) is 0 Å². The Morgan fingerprint density at radius 3 is 1.94 bits per heavy atom.